The maximum atomic E-state index is 3.93. The lowest BCUT2D eigenvalue weighted by atomic mass is 9.95. The number of aryl methyl sites for hydroxylation is 2. The van der Waals surface area contributed by atoms with Crippen molar-refractivity contribution in [1.82, 2.24) is 9.13 Å². The molecule has 0 radical (unpaired) electrons. The van der Waals surface area contributed by atoms with E-state index in [-0.39, 0.29) is 0 Å². The molecule has 0 bridgehead atoms. The third-order valence-electron chi connectivity index (χ3n) is 9.29. The summed E-state index contributed by atoms with van der Waals surface area (Å²) in [6.45, 7) is 14.3. The molecule has 2 heterocycles. The fourth-order valence-corrected chi connectivity index (χ4v) is 12.6. The Morgan fingerprint density at radius 3 is 1.63 bits per heavy atom. The Labute approximate surface area is 227 Å². The summed E-state index contributed by atoms with van der Waals surface area (Å²) in [7, 11) is 2.53. The van der Waals surface area contributed by atoms with Crippen molar-refractivity contribution in [3.63, 3.8) is 0 Å². The van der Waals surface area contributed by atoms with E-state index in [4.69, 9.17) is 0 Å². The SMILES string of the molecule is CC(C)[Si](C#Cc1cc2ccc3c4ccc5c(ccc6ccn(C)c65)c4ccc3c2n1C)(C(C)C)C(C)C. The molecule has 3 heteroatoms. The second-order valence-electron chi connectivity index (χ2n) is 12.1. The Kier molecular flexibility index (Phi) is 5.74. The van der Waals surface area contributed by atoms with E-state index < -0.39 is 8.07 Å². The summed E-state index contributed by atoms with van der Waals surface area (Å²) < 4.78 is 4.56. The van der Waals surface area contributed by atoms with Crippen LogP contribution in [0.2, 0.25) is 16.6 Å². The van der Waals surface area contributed by atoms with Gasteiger partial charge in [0.2, 0.25) is 0 Å². The third kappa shape index (κ3) is 3.40. The first-order valence-electron chi connectivity index (χ1n) is 14.0. The van der Waals surface area contributed by atoms with Crippen LogP contribution in [0, 0.1) is 11.5 Å². The first kappa shape index (κ1) is 24.8. The van der Waals surface area contributed by atoms with Crippen LogP contribution in [-0.2, 0) is 14.1 Å². The lowest BCUT2D eigenvalue weighted by molar-refractivity contribution is 0.838. The van der Waals surface area contributed by atoms with Gasteiger partial charge in [-0.15, -0.1) is 5.54 Å². The zero-order valence-electron chi connectivity index (χ0n) is 24.0. The third-order valence-corrected chi connectivity index (χ3v) is 15.6. The van der Waals surface area contributed by atoms with Crippen molar-refractivity contribution in [2.75, 3.05) is 0 Å². The average molecular weight is 515 g/mol. The molecular weight excluding hydrogens is 476 g/mol. The zero-order chi connectivity index (χ0) is 26.9. The number of fused-ring (bicyclic) bond motifs is 9. The molecule has 4 aromatic carbocycles. The Bertz CT molecular complexity index is 1910. The second kappa shape index (κ2) is 8.78. The summed E-state index contributed by atoms with van der Waals surface area (Å²) >= 11 is 0. The molecule has 192 valence electrons. The molecule has 0 fully saturated rings. The number of benzene rings is 4. The van der Waals surface area contributed by atoms with Crippen LogP contribution in [0.1, 0.15) is 47.2 Å². The van der Waals surface area contributed by atoms with Crippen LogP contribution in [0.15, 0.2) is 66.9 Å². The van der Waals surface area contributed by atoms with E-state index >= 15 is 0 Å². The summed E-state index contributed by atoms with van der Waals surface area (Å²) in [5.74, 6) is 3.71. The summed E-state index contributed by atoms with van der Waals surface area (Å²) in [6.07, 6.45) is 2.15. The van der Waals surface area contributed by atoms with E-state index in [0.717, 1.165) is 5.69 Å². The molecule has 6 aromatic rings. The van der Waals surface area contributed by atoms with Gasteiger partial charge in [0.15, 0.2) is 0 Å². The fraction of sp³-hybridized carbons (Fsp3) is 0.314. The van der Waals surface area contributed by atoms with Crippen molar-refractivity contribution >= 4 is 62.2 Å². The molecule has 0 saturated carbocycles. The van der Waals surface area contributed by atoms with Crippen molar-refractivity contribution in [3.8, 4) is 11.5 Å². The smallest absolute Gasteiger partial charge is 0.146 e. The van der Waals surface area contributed by atoms with Crippen LogP contribution in [0.3, 0.4) is 0 Å². The van der Waals surface area contributed by atoms with Gasteiger partial charge >= 0.3 is 0 Å². The molecular formula is C35H38N2Si. The monoisotopic (exact) mass is 514 g/mol. The van der Waals surface area contributed by atoms with E-state index in [2.05, 4.69) is 143 Å². The van der Waals surface area contributed by atoms with Crippen molar-refractivity contribution in [2.45, 2.75) is 58.2 Å². The minimum atomic E-state index is -1.79. The van der Waals surface area contributed by atoms with E-state index in [9.17, 15) is 0 Å². The normalized spacial score (nSPS) is 12.7. The highest BCUT2D eigenvalue weighted by Gasteiger charge is 2.41. The number of hydrogen-bond acceptors (Lipinski definition) is 0. The molecule has 0 unspecified atom stereocenters. The van der Waals surface area contributed by atoms with E-state index in [1.165, 1.54) is 54.1 Å². The van der Waals surface area contributed by atoms with E-state index in [1.807, 2.05) is 0 Å². The summed E-state index contributed by atoms with van der Waals surface area (Å²) in [5, 5.41) is 10.4. The van der Waals surface area contributed by atoms with Crippen molar-refractivity contribution in [1.29, 1.82) is 0 Å². The van der Waals surface area contributed by atoms with E-state index in [1.54, 1.807) is 0 Å². The summed E-state index contributed by atoms with van der Waals surface area (Å²) in [6, 6.07) is 22.9. The molecule has 0 spiro atoms. The average Bonchev–Trinajstić information content (AvgIpc) is 3.42. The number of hydrogen-bond donors (Lipinski definition) is 0. The van der Waals surface area contributed by atoms with Gasteiger partial charge in [0.25, 0.3) is 0 Å². The predicted molar refractivity (Wildman–Crippen MR) is 170 cm³/mol. The lowest BCUT2D eigenvalue weighted by Gasteiger charge is -2.38. The van der Waals surface area contributed by atoms with Gasteiger partial charge in [0.05, 0.1) is 16.7 Å². The topological polar surface area (TPSA) is 9.86 Å². The highest BCUT2D eigenvalue weighted by atomic mass is 28.3. The molecule has 0 saturated heterocycles. The van der Waals surface area contributed by atoms with Crippen molar-refractivity contribution < 1.29 is 0 Å². The van der Waals surface area contributed by atoms with Gasteiger partial charge in [0.1, 0.15) is 8.07 Å². The Hall–Kier alpha value is -3.48. The van der Waals surface area contributed by atoms with Crippen LogP contribution < -0.4 is 0 Å². The van der Waals surface area contributed by atoms with Crippen LogP contribution in [0.4, 0.5) is 0 Å². The van der Waals surface area contributed by atoms with Crippen molar-refractivity contribution in [2.24, 2.45) is 14.1 Å². The van der Waals surface area contributed by atoms with Crippen LogP contribution in [0.25, 0.3) is 54.1 Å². The molecule has 0 amide bonds. The van der Waals surface area contributed by atoms with Gasteiger partial charge in [-0.25, -0.2) is 0 Å². The Morgan fingerprint density at radius 2 is 1.05 bits per heavy atom. The van der Waals surface area contributed by atoms with Crippen molar-refractivity contribution in [3.05, 3.63) is 72.6 Å². The first-order chi connectivity index (χ1) is 18.1. The summed E-state index contributed by atoms with van der Waals surface area (Å²) in [5.41, 5.74) is 9.51. The molecule has 38 heavy (non-hydrogen) atoms. The first-order valence-corrected chi connectivity index (χ1v) is 16.2. The van der Waals surface area contributed by atoms with Gasteiger partial charge in [-0.05, 0) is 50.3 Å². The quantitative estimate of drug-likeness (QED) is 0.126. The van der Waals surface area contributed by atoms with Gasteiger partial charge in [0, 0.05) is 41.8 Å². The number of aromatic nitrogens is 2. The molecule has 0 aliphatic heterocycles. The van der Waals surface area contributed by atoms with Crippen LogP contribution in [0.5, 0.6) is 0 Å². The van der Waals surface area contributed by atoms with Gasteiger partial charge in [-0.2, -0.15) is 0 Å². The summed E-state index contributed by atoms with van der Waals surface area (Å²) in [4.78, 5) is 0. The van der Waals surface area contributed by atoms with Gasteiger partial charge in [-0.1, -0.05) is 96.0 Å². The molecule has 0 aliphatic carbocycles. The van der Waals surface area contributed by atoms with Crippen LogP contribution >= 0.6 is 0 Å². The number of nitrogens with zero attached hydrogens (tertiary/aromatic N) is 2. The van der Waals surface area contributed by atoms with Gasteiger partial charge in [-0.3, -0.25) is 0 Å². The van der Waals surface area contributed by atoms with Gasteiger partial charge < -0.3 is 9.13 Å². The maximum absolute atomic E-state index is 3.93. The standard InChI is InChI=1S/C35H38N2Si/c1-22(2)38(23(3)4,24(5)6)20-18-27-21-26-10-12-31-29-13-15-32-30(11-9-25-17-19-36(7)34(25)32)28(29)14-16-33(31)35(26)37(27)8/h9-17,19,21-24H,1-8H3. The highest BCUT2D eigenvalue weighted by molar-refractivity contribution is 6.90. The minimum Gasteiger partial charge on any atom is -0.350 e. The lowest BCUT2D eigenvalue weighted by Crippen LogP contribution is -2.43. The Balaban J connectivity index is 1.58. The van der Waals surface area contributed by atoms with Crippen LogP contribution in [-0.4, -0.2) is 17.2 Å². The fourth-order valence-electron chi connectivity index (χ4n) is 7.41. The minimum absolute atomic E-state index is 0.628. The molecule has 2 aromatic heterocycles. The maximum Gasteiger partial charge on any atom is 0.146 e. The molecule has 6 rings (SSSR count). The molecule has 0 N–H and O–H groups in total. The number of rotatable bonds is 3. The largest absolute Gasteiger partial charge is 0.350 e. The highest BCUT2D eigenvalue weighted by Crippen LogP contribution is 2.41. The predicted octanol–water partition coefficient (Wildman–Crippen LogP) is 9.70. The Morgan fingerprint density at radius 1 is 0.579 bits per heavy atom. The zero-order valence-corrected chi connectivity index (χ0v) is 25.0. The molecule has 0 atom stereocenters. The molecule has 2 nitrogen and oxygen atoms in total. The second-order valence-corrected chi connectivity index (χ2v) is 17.7. The van der Waals surface area contributed by atoms with E-state index in [0.29, 0.717) is 16.6 Å². The molecule has 0 aliphatic rings.